The quantitative estimate of drug-likeness (QED) is 0.758. The van der Waals surface area contributed by atoms with Crippen molar-refractivity contribution >= 4 is 11.6 Å². The van der Waals surface area contributed by atoms with Gasteiger partial charge in [0.25, 0.3) is 0 Å². The molecule has 4 heteroatoms. The third-order valence-corrected chi connectivity index (χ3v) is 2.52. The fourth-order valence-corrected chi connectivity index (χ4v) is 1.33. The number of rotatable bonds is 5. The van der Waals surface area contributed by atoms with Crippen LogP contribution in [0.4, 0.5) is 0 Å². The van der Waals surface area contributed by atoms with Gasteiger partial charge in [-0.25, -0.2) is 4.98 Å². The van der Waals surface area contributed by atoms with E-state index in [0.29, 0.717) is 5.15 Å². The summed E-state index contributed by atoms with van der Waals surface area (Å²) in [6.45, 7) is 5.05. The van der Waals surface area contributed by atoms with Crippen LogP contribution in [0.15, 0.2) is 18.3 Å². The highest BCUT2D eigenvalue weighted by molar-refractivity contribution is 6.29. The van der Waals surface area contributed by atoms with Gasteiger partial charge in [-0.3, -0.25) is 0 Å². The molecule has 0 bridgehead atoms. The summed E-state index contributed by atoms with van der Waals surface area (Å²) >= 11 is 5.69. The highest BCUT2D eigenvalue weighted by atomic mass is 35.5. The number of nitrogens with zero attached hydrogens (tertiary/aromatic N) is 1. The van der Waals surface area contributed by atoms with Gasteiger partial charge >= 0.3 is 0 Å². The van der Waals surface area contributed by atoms with Crippen LogP contribution in [0.3, 0.4) is 0 Å². The van der Waals surface area contributed by atoms with Gasteiger partial charge in [-0.05, 0) is 31.9 Å². The number of aromatic nitrogens is 1. The molecular formula is C11H17ClN2O. The zero-order chi connectivity index (χ0) is 11.3. The first-order chi connectivity index (χ1) is 7.03. The topological polar surface area (TPSA) is 45.1 Å². The van der Waals surface area contributed by atoms with Gasteiger partial charge in [0.15, 0.2) is 0 Å². The molecule has 0 aliphatic carbocycles. The summed E-state index contributed by atoms with van der Waals surface area (Å²) in [5.41, 5.74) is 1.03. The Kier molecular flexibility index (Phi) is 4.51. The lowest BCUT2D eigenvalue weighted by molar-refractivity contribution is 0.230. The normalized spacial score (nSPS) is 11.7. The fourth-order valence-electron chi connectivity index (χ4n) is 1.22. The Hall–Kier alpha value is -0.640. The van der Waals surface area contributed by atoms with Crippen molar-refractivity contribution in [3.63, 3.8) is 0 Å². The predicted octanol–water partition coefficient (Wildman–Crippen LogP) is 1.99. The van der Waals surface area contributed by atoms with Gasteiger partial charge in [0, 0.05) is 24.9 Å². The van der Waals surface area contributed by atoms with Crippen LogP contribution >= 0.6 is 11.6 Å². The minimum Gasteiger partial charge on any atom is -0.396 e. The molecule has 0 fully saturated rings. The molecule has 0 unspecified atom stereocenters. The number of hydrogen-bond donors (Lipinski definition) is 2. The maximum Gasteiger partial charge on any atom is 0.129 e. The van der Waals surface area contributed by atoms with Gasteiger partial charge in [0.2, 0.25) is 0 Å². The van der Waals surface area contributed by atoms with Gasteiger partial charge in [-0.15, -0.1) is 0 Å². The predicted molar refractivity (Wildman–Crippen MR) is 61.9 cm³/mol. The zero-order valence-electron chi connectivity index (χ0n) is 9.13. The van der Waals surface area contributed by atoms with Crippen molar-refractivity contribution < 1.29 is 5.11 Å². The molecule has 0 aliphatic rings. The summed E-state index contributed by atoms with van der Waals surface area (Å²) in [6.07, 6.45) is 2.48. The second-order valence-electron chi connectivity index (χ2n) is 4.20. The van der Waals surface area contributed by atoms with Crippen molar-refractivity contribution in [1.29, 1.82) is 0 Å². The fraction of sp³-hybridized carbons (Fsp3) is 0.545. The van der Waals surface area contributed by atoms with E-state index in [1.54, 1.807) is 12.3 Å². The van der Waals surface area contributed by atoms with Crippen LogP contribution in [0, 0.1) is 0 Å². The lowest BCUT2D eigenvalue weighted by Crippen LogP contribution is -2.39. The van der Waals surface area contributed by atoms with E-state index in [1.807, 2.05) is 6.07 Å². The standard InChI is InChI=1S/C11H17ClN2O/c1-11(2,5-6-15)14-8-9-3-4-10(12)13-7-9/h3-4,7,14-15H,5-6,8H2,1-2H3. The Morgan fingerprint density at radius 3 is 2.73 bits per heavy atom. The second-order valence-corrected chi connectivity index (χ2v) is 4.59. The molecule has 0 radical (unpaired) electrons. The summed E-state index contributed by atoms with van der Waals surface area (Å²) in [7, 11) is 0. The minimum atomic E-state index is -0.0611. The van der Waals surface area contributed by atoms with Crippen molar-refractivity contribution in [3.05, 3.63) is 29.0 Å². The van der Waals surface area contributed by atoms with Crippen molar-refractivity contribution in [2.45, 2.75) is 32.4 Å². The van der Waals surface area contributed by atoms with Crippen LogP contribution in [0.1, 0.15) is 25.8 Å². The van der Waals surface area contributed by atoms with E-state index in [-0.39, 0.29) is 12.1 Å². The second kappa shape index (κ2) is 5.45. The SMILES string of the molecule is CC(C)(CCO)NCc1ccc(Cl)nc1. The third-order valence-electron chi connectivity index (χ3n) is 2.30. The summed E-state index contributed by atoms with van der Waals surface area (Å²) < 4.78 is 0. The molecule has 84 valence electrons. The largest absolute Gasteiger partial charge is 0.396 e. The lowest BCUT2D eigenvalue weighted by Gasteiger charge is -2.25. The average molecular weight is 229 g/mol. The molecule has 0 spiro atoms. The van der Waals surface area contributed by atoms with Crippen LogP contribution < -0.4 is 5.32 Å². The molecule has 3 nitrogen and oxygen atoms in total. The van der Waals surface area contributed by atoms with E-state index in [9.17, 15) is 0 Å². The van der Waals surface area contributed by atoms with Gasteiger partial charge in [0.1, 0.15) is 5.15 Å². The van der Waals surface area contributed by atoms with Crippen LogP contribution in [0.25, 0.3) is 0 Å². The molecule has 15 heavy (non-hydrogen) atoms. The molecule has 2 N–H and O–H groups in total. The lowest BCUT2D eigenvalue weighted by atomic mass is 10.0. The van der Waals surface area contributed by atoms with Crippen LogP contribution in [0.2, 0.25) is 5.15 Å². The number of halogens is 1. The molecule has 1 aromatic rings. The smallest absolute Gasteiger partial charge is 0.129 e. The zero-order valence-corrected chi connectivity index (χ0v) is 9.88. The van der Waals surface area contributed by atoms with Gasteiger partial charge in [-0.2, -0.15) is 0 Å². The van der Waals surface area contributed by atoms with Crippen molar-refractivity contribution in [2.24, 2.45) is 0 Å². The summed E-state index contributed by atoms with van der Waals surface area (Å²) in [5.74, 6) is 0. The van der Waals surface area contributed by atoms with E-state index in [2.05, 4.69) is 24.1 Å². The summed E-state index contributed by atoms with van der Waals surface area (Å²) in [5, 5.41) is 12.7. The Bertz CT molecular complexity index is 298. The van der Waals surface area contributed by atoms with Crippen molar-refractivity contribution in [2.75, 3.05) is 6.61 Å². The molecule has 0 amide bonds. The highest BCUT2D eigenvalue weighted by Crippen LogP contribution is 2.10. The molecule has 1 heterocycles. The molecular weight excluding hydrogens is 212 g/mol. The first-order valence-corrected chi connectivity index (χ1v) is 5.37. The summed E-state index contributed by atoms with van der Waals surface area (Å²) in [6, 6.07) is 3.72. The molecule has 1 rings (SSSR count). The van der Waals surface area contributed by atoms with Crippen molar-refractivity contribution in [3.8, 4) is 0 Å². The molecule has 1 aromatic heterocycles. The van der Waals surface area contributed by atoms with Crippen LogP contribution in [-0.2, 0) is 6.54 Å². The van der Waals surface area contributed by atoms with Crippen LogP contribution in [-0.4, -0.2) is 22.2 Å². The first-order valence-electron chi connectivity index (χ1n) is 5.00. The Morgan fingerprint density at radius 1 is 1.47 bits per heavy atom. The number of pyridine rings is 1. The molecule has 0 atom stereocenters. The summed E-state index contributed by atoms with van der Waals surface area (Å²) in [4.78, 5) is 4.00. The number of nitrogens with one attached hydrogen (secondary N) is 1. The molecule has 0 saturated heterocycles. The van der Waals surface area contributed by atoms with Crippen LogP contribution in [0.5, 0.6) is 0 Å². The maximum atomic E-state index is 8.87. The van der Waals surface area contributed by atoms with E-state index in [4.69, 9.17) is 16.7 Å². The van der Waals surface area contributed by atoms with E-state index >= 15 is 0 Å². The Morgan fingerprint density at radius 2 is 2.20 bits per heavy atom. The van der Waals surface area contributed by atoms with E-state index in [1.165, 1.54) is 0 Å². The van der Waals surface area contributed by atoms with Crippen molar-refractivity contribution in [1.82, 2.24) is 10.3 Å². The average Bonchev–Trinajstić information content (AvgIpc) is 2.17. The van der Waals surface area contributed by atoms with Gasteiger partial charge in [-0.1, -0.05) is 17.7 Å². The van der Waals surface area contributed by atoms with E-state index in [0.717, 1.165) is 18.5 Å². The maximum absolute atomic E-state index is 8.87. The molecule has 0 saturated carbocycles. The number of hydrogen-bond acceptors (Lipinski definition) is 3. The first kappa shape index (κ1) is 12.4. The van der Waals surface area contributed by atoms with Gasteiger partial charge in [0.05, 0.1) is 0 Å². The monoisotopic (exact) mass is 228 g/mol. The molecule has 0 aromatic carbocycles. The highest BCUT2D eigenvalue weighted by Gasteiger charge is 2.15. The van der Waals surface area contributed by atoms with E-state index < -0.39 is 0 Å². The Balaban J connectivity index is 2.46. The molecule has 0 aliphatic heterocycles. The third kappa shape index (κ3) is 4.60. The Labute approximate surface area is 95.5 Å². The minimum absolute atomic E-state index is 0.0611. The number of aliphatic hydroxyl groups is 1. The number of aliphatic hydroxyl groups excluding tert-OH is 1. The van der Waals surface area contributed by atoms with Gasteiger partial charge < -0.3 is 10.4 Å².